The Kier molecular flexibility index (Phi) is 3.08. The van der Waals surface area contributed by atoms with Crippen molar-refractivity contribution < 1.29 is 13.6 Å². The van der Waals surface area contributed by atoms with Gasteiger partial charge in [-0.3, -0.25) is 4.79 Å². The third-order valence-corrected chi connectivity index (χ3v) is 3.88. The number of anilines is 1. The molecule has 4 heteroatoms. The fourth-order valence-corrected chi connectivity index (χ4v) is 2.77. The molecule has 0 bridgehead atoms. The van der Waals surface area contributed by atoms with Crippen molar-refractivity contribution >= 4 is 11.6 Å². The zero-order chi connectivity index (χ0) is 14.3. The maximum atomic E-state index is 13.3. The first kappa shape index (κ1) is 12.9. The Morgan fingerprint density at radius 2 is 2.20 bits per heavy atom. The lowest BCUT2D eigenvalue weighted by Gasteiger charge is -2.35. The molecule has 0 fully saturated rings. The Hall–Kier alpha value is -2.10. The average Bonchev–Trinajstić information content (AvgIpc) is 2.84. The summed E-state index contributed by atoms with van der Waals surface area (Å²) in [5.41, 5.74) is 2.25. The number of halogens is 1. The topological polar surface area (TPSA) is 33.5 Å². The molecular formula is C16H16FNO2. The van der Waals surface area contributed by atoms with Crippen LogP contribution in [0, 0.1) is 12.7 Å². The van der Waals surface area contributed by atoms with Crippen LogP contribution in [0.25, 0.3) is 0 Å². The molecule has 1 amide bonds. The van der Waals surface area contributed by atoms with Crippen molar-refractivity contribution in [2.75, 3.05) is 4.90 Å². The molecule has 3 rings (SSSR count). The van der Waals surface area contributed by atoms with Crippen molar-refractivity contribution in [2.24, 2.45) is 0 Å². The molecule has 0 N–H and O–H groups in total. The van der Waals surface area contributed by atoms with Gasteiger partial charge in [0.05, 0.1) is 11.8 Å². The molecule has 0 saturated carbocycles. The van der Waals surface area contributed by atoms with Crippen molar-refractivity contribution in [1.29, 1.82) is 0 Å². The predicted molar refractivity (Wildman–Crippen MR) is 74.4 cm³/mol. The average molecular weight is 273 g/mol. The number of aryl methyl sites for hydroxylation is 2. The molecule has 2 heterocycles. The minimum Gasteiger partial charge on any atom is -0.469 e. The van der Waals surface area contributed by atoms with Crippen LogP contribution < -0.4 is 4.90 Å². The third kappa shape index (κ3) is 2.01. The van der Waals surface area contributed by atoms with E-state index in [9.17, 15) is 9.18 Å². The van der Waals surface area contributed by atoms with E-state index in [4.69, 9.17) is 4.42 Å². The van der Waals surface area contributed by atoms with Crippen LogP contribution in [0.2, 0.25) is 0 Å². The Morgan fingerprint density at radius 3 is 2.90 bits per heavy atom. The SMILES string of the molecule is Cc1occc1C(=O)N1c2ccc(F)cc2CCC1C. The third-order valence-electron chi connectivity index (χ3n) is 3.88. The number of amides is 1. The summed E-state index contributed by atoms with van der Waals surface area (Å²) >= 11 is 0. The van der Waals surface area contributed by atoms with Crippen molar-refractivity contribution in [3.8, 4) is 0 Å². The Balaban J connectivity index is 2.05. The molecule has 1 aromatic heterocycles. The predicted octanol–water partition coefficient (Wildman–Crippen LogP) is 3.71. The second-order valence-electron chi connectivity index (χ2n) is 5.23. The first-order chi connectivity index (χ1) is 9.58. The van der Waals surface area contributed by atoms with E-state index in [1.165, 1.54) is 18.4 Å². The molecule has 3 nitrogen and oxygen atoms in total. The fraction of sp³-hybridized carbons (Fsp3) is 0.312. The van der Waals surface area contributed by atoms with E-state index in [2.05, 4.69) is 0 Å². The summed E-state index contributed by atoms with van der Waals surface area (Å²) < 4.78 is 18.6. The van der Waals surface area contributed by atoms with Crippen LogP contribution in [-0.4, -0.2) is 11.9 Å². The van der Waals surface area contributed by atoms with Gasteiger partial charge in [-0.2, -0.15) is 0 Å². The van der Waals surface area contributed by atoms with Gasteiger partial charge in [0, 0.05) is 11.7 Å². The van der Waals surface area contributed by atoms with Crippen LogP contribution in [0.1, 0.15) is 35.0 Å². The molecule has 0 spiro atoms. The largest absolute Gasteiger partial charge is 0.469 e. The number of carbonyl (C=O) groups excluding carboxylic acids is 1. The van der Waals surface area contributed by atoms with Gasteiger partial charge in [-0.1, -0.05) is 0 Å². The smallest absolute Gasteiger partial charge is 0.262 e. The van der Waals surface area contributed by atoms with Gasteiger partial charge in [-0.05, 0) is 56.5 Å². The van der Waals surface area contributed by atoms with Gasteiger partial charge < -0.3 is 9.32 Å². The normalized spacial score (nSPS) is 17.9. The summed E-state index contributed by atoms with van der Waals surface area (Å²) in [7, 11) is 0. The van der Waals surface area contributed by atoms with Crippen molar-refractivity contribution in [1.82, 2.24) is 0 Å². The zero-order valence-corrected chi connectivity index (χ0v) is 11.5. The Bertz CT molecular complexity index is 662. The number of hydrogen-bond acceptors (Lipinski definition) is 2. The number of carbonyl (C=O) groups is 1. The van der Waals surface area contributed by atoms with Gasteiger partial charge in [0.15, 0.2) is 0 Å². The number of rotatable bonds is 1. The summed E-state index contributed by atoms with van der Waals surface area (Å²) in [6.07, 6.45) is 3.14. The lowest BCUT2D eigenvalue weighted by atomic mass is 9.95. The first-order valence-corrected chi connectivity index (χ1v) is 6.74. The van der Waals surface area contributed by atoms with Crippen LogP contribution in [-0.2, 0) is 6.42 Å². The molecule has 104 valence electrons. The lowest BCUT2D eigenvalue weighted by molar-refractivity contribution is 0.0973. The minimum absolute atomic E-state index is 0.0868. The maximum absolute atomic E-state index is 13.3. The van der Waals surface area contributed by atoms with E-state index < -0.39 is 0 Å². The molecule has 1 aliphatic heterocycles. The highest BCUT2D eigenvalue weighted by Crippen LogP contribution is 2.33. The number of fused-ring (bicyclic) bond motifs is 1. The minimum atomic E-state index is -0.259. The van der Waals surface area contributed by atoms with Gasteiger partial charge in [0.2, 0.25) is 0 Å². The second kappa shape index (κ2) is 4.78. The summed E-state index contributed by atoms with van der Waals surface area (Å²) in [5.74, 6) is 0.262. The molecule has 1 unspecified atom stereocenters. The van der Waals surface area contributed by atoms with E-state index in [1.807, 2.05) is 6.92 Å². The van der Waals surface area contributed by atoms with Gasteiger partial charge in [-0.25, -0.2) is 4.39 Å². The number of furan rings is 1. The molecule has 0 saturated heterocycles. The maximum Gasteiger partial charge on any atom is 0.262 e. The first-order valence-electron chi connectivity index (χ1n) is 6.74. The van der Waals surface area contributed by atoms with E-state index in [-0.39, 0.29) is 17.8 Å². The Morgan fingerprint density at radius 1 is 1.40 bits per heavy atom. The van der Waals surface area contributed by atoms with Crippen molar-refractivity contribution in [2.45, 2.75) is 32.7 Å². The van der Waals surface area contributed by atoms with Crippen LogP contribution >= 0.6 is 0 Å². The molecule has 0 aliphatic carbocycles. The molecule has 20 heavy (non-hydrogen) atoms. The zero-order valence-electron chi connectivity index (χ0n) is 11.5. The van der Waals surface area contributed by atoms with E-state index >= 15 is 0 Å². The highest BCUT2D eigenvalue weighted by Gasteiger charge is 2.30. The molecule has 1 aromatic carbocycles. The quantitative estimate of drug-likeness (QED) is 0.793. The summed E-state index contributed by atoms with van der Waals surface area (Å²) in [6, 6.07) is 6.38. The highest BCUT2D eigenvalue weighted by molar-refractivity contribution is 6.07. The summed E-state index contributed by atoms with van der Waals surface area (Å²) in [6.45, 7) is 3.78. The molecule has 2 aromatic rings. The van der Waals surface area contributed by atoms with Crippen LogP contribution in [0.3, 0.4) is 0 Å². The van der Waals surface area contributed by atoms with Crippen LogP contribution in [0.15, 0.2) is 34.9 Å². The van der Waals surface area contributed by atoms with Crippen molar-refractivity contribution in [3.05, 3.63) is 53.2 Å². The summed E-state index contributed by atoms with van der Waals surface area (Å²) in [5, 5.41) is 0. The van der Waals surface area contributed by atoms with Gasteiger partial charge in [0.1, 0.15) is 11.6 Å². The highest BCUT2D eigenvalue weighted by atomic mass is 19.1. The summed E-state index contributed by atoms with van der Waals surface area (Å²) in [4.78, 5) is 14.5. The lowest BCUT2D eigenvalue weighted by Crippen LogP contribution is -2.42. The molecular weight excluding hydrogens is 257 g/mol. The van der Waals surface area contributed by atoms with Gasteiger partial charge in [0.25, 0.3) is 5.91 Å². The van der Waals surface area contributed by atoms with Crippen LogP contribution in [0.5, 0.6) is 0 Å². The second-order valence-corrected chi connectivity index (χ2v) is 5.23. The number of benzene rings is 1. The van der Waals surface area contributed by atoms with Gasteiger partial charge in [-0.15, -0.1) is 0 Å². The standard InChI is InChI=1S/C16H16FNO2/c1-10-3-4-12-9-13(17)5-6-15(12)18(10)16(19)14-7-8-20-11(14)2/h5-10H,3-4H2,1-2H3. The number of hydrogen-bond donors (Lipinski definition) is 0. The Labute approximate surface area is 117 Å². The van der Waals surface area contributed by atoms with E-state index in [0.717, 1.165) is 24.1 Å². The van der Waals surface area contributed by atoms with E-state index in [0.29, 0.717) is 11.3 Å². The van der Waals surface area contributed by atoms with Crippen LogP contribution in [0.4, 0.5) is 10.1 Å². The fourth-order valence-electron chi connectivity index (χ4n) is 2.77. The number of nitrogens with zero attached hydrogens (tertiary/aromatic N) is 1. The monoisotopic (exact) mass is 273 g/mol. The van der Waals surface area contributed by atoms with Crippen molar-refractivity contribution in [3.63, 3.8) is 0 Å². The molecule has 0 radical (unpaired) electrons. The molecule has 1 atom stereocenters. The van der Waals surface area contributed by atoms with Gasteiger partial charge >= 0.3 is 0 Å². The van der Waals surface area contributed by atoms with E-state index in [1.54, 1.807) is 24.0 Å². The molecule has 1 aliphatic rings.